The smallest absolute Gasteiger partial charge is 0.724 e. The van der Waals surface area contributed by atoms with E-state index in [0.717, 1.165) is 12.2 Å². The summed E-state index contributed by atoms with van der Waals surface area (Å²) in [6.45, 7) is 1.95. The summed E-state index contributed by atoms with van der Waals surface area (Å²) in [7, 11) is -4.95. The van der Waals surface area contributed by atoms with E-state index in [1.807, 2.05) is 0 Å². The van der Waals surface area contributed by atoms with E-state index in [-0.39, 0.29) is 29.6 Å². The van der Waals surface area contributed by atoms with Crippen LogP contribution in [0.15, 0.2) is 11.8 Å². The van der Waals surface area contributed by atoms with Gasteiger partial charge < -0.3 is 9.45 Å². The van der Waals surface area contributed by atoms with Crippen molar-refractivity contribution in [2.45, 2.75) is 6.04 Å². The molecule has 100 valence electrons. The molecule has 9 nitrogen and oxygen atoms in total. The van der Waals surface area contributed by atoms with Crippen molar-refractivity contribution in [2.24, 2.45) is 0 Å². The van der Waals surface area contributed by atoms with Gasteiger partial charge in [-0.05, 0) is 6.08 Å². The zero-order chi connectivity index (χ0) is 12.9. The van der Waals surface area contributed by atoms with Gasteiger partial charge in [0.25, 0.3) is 0 Å². The van der Waals surface area contributed by atoms with Crippen molar-refractivity contribution in [1.29, 1.82) is 0 Å². The molecule has 3 aliphatic heterocycles. The Bertz CT molecular complexity index is 519. The fraction of sp³-hybridized carbons (Fsp3) is 0.625. The number of fused-ring (bicyclic) bond motifs is 2. The molecule has 2 amide bonds. The van der Waals surface area contributed by atoms with Gasteiger partial charge in [-0.25, -0.2) is 13.2 Å². The molecular weight excluding hydrogens is 289 g/mol. The number of nitrogens with zero attached hydrogens (tertiary/aromatic N) is 3. The molecular formula is C8H10N3NaO6S. The van der Waals surface area contributed by atoms with Crippen LogP contribution < -0.4 is 29.6 Å². The molecule has 0 aliphatic carbocycles. The number of carbonyl (C=O) groups is 1. The average molecular weight is 299 g/mol. The number of amides is 2. The molecule has 0 saturated carbocycles. The van der Waals surface area contributed by atoms with Gasteiger partial charge in [0, 0.05) is 6.54 Å². The number of rotatable bonds is 3. The van der Waals surface area contributed by atoms with Gasteiger partial charge in [0.15, 0.2) is 0 Å². The van der Waals surface area contributed by atoms with Crippen LogP contribution in [0.1, 0.15) is 0 Å². The van der Waals surface area contributed by atoms with Gasteiger partial charge in [0.2, 0.25) is 10.4 Å². The molecule has 1 atom stereocenters. The second kappa shape index (κ2) is 5.20. The van der Waals surface area contributed by atoms with Crippen molar-refractivity contribution in [3.63, 3.8) is 0 Å². The molecule has 2 saturated heterocycles. The first-order valence-corrected chi connectivity index (χ1v) is 6.62. The van der Waals surface area contributed by atoms with Crippen molar-refractivity contribution in [3.8, 4) is 0 Å². The molecule has 3 heterocycles. The van der Waals surface area contributed by atoms with Gasteiger partial charge in [-0.1, -0.05) is 0 Å². The molecule has 0 radical (unpaired) electrons. The maximum atomic E-state index is 11.8. The summed E-state index contributed by atoms with van der Waals surface area (Å²) in [4.78, 5) is 18.3. The average Bonchev–Trinajstić information content (AvgIpc) is 2.38. The van der Waals surface area contributed by atoms with E-state index in [0.29, 0.717) is 24.8 Å². The van der Waals surface area contributed by atoms with E-state index in [4.69, 9.17) is 4.84 Å². The monoisotopic (exact) mass is 299 g/mol. The van der Waals surface area contributed by atoms with E-state index in [1.54, 1.807) is 11.1 Å². The molecule has 0 spiro atoms. The van der Waals surface area contributed by atoms with Gasteiger partial charge in [-0.3, -0.25) is 9.90 Å². The Hall–Kier alpha value is -0.360. The Kier molecular flexibility index (Phi) is 4.12. The van der Waals surface area contributed by atoms with Gasteiger partial charge >= 0.3 is 35.6 Å². The minimum atomic E-state index is -4.95. The summed E-state index contributed by atoms with van der Waals surface area (Å²) in [5.41, 5.74) is 0.764. The van der Waals surface area contributed by atoms with Crippen LogP contribution in [-0.2, 0) is 19.5 Å². The quantitative estimate of drug-likeness (QED) is 0.295. The molecule has 0 aromatic rings. The van der Waals surface area contributed by atoms with E-state index in [2.05, 4.69) is 4.28 Å². The normalized spacial score (nSPS) is 25.9. The Morgan fingerprint density at radius 3 is 2.68 bits per heavy atom. The summed E-state index contributed by atoms with van der Waals surface area (Å²) in [5.74, 6) is 0. The molecule has 2 bridgehead atoms. The molecule has 3 aliphatic rings. The van der Waals surface area contributed by atoms with Crippen LogP contribution in [0.4, 0.5) is 4.79 Å². The van der Waals surface area contributed by atoms with Crippen molar-refractivity contribution < 1.29 is 56.4 Å². The van der Waals surface area contributed by atoms with Crippen LogP contribution in [0.25, 0.3) is 0 Å². The third-order valence-corrected chi connectivity index (χ3v) is 3.28. The van der Waals surface area contributed by atoms with Crippen molar-refractivity contribution in [1.82, 2.24) is 15.0 Å². The zero-order valence-corrected chi connectivity index (χ0v) is 13.0. The first kappa shape index (κ1) is 15.0. The van der Waals surface area contributed by atoms with Crippen molar-refractivity contribution in [3.05, 3.63) is 11.8 Å². The topological polar surface area (TPSA) is 102 Å². The molecule has 0 aromatic carbocycles. The first-order chi connectivity index (χ1) is 8.44. The van der Waals surface area contributed by atoms with E-state index >= 15 is 0 Å². The van der Waals surface area contributed by atoms with Crippen molar-refractivity contribution >= 4 is 16.4 Å². The molecule has 3 rings (SSSR count). The predicted octanol–water partition coefficient (Wildman–Crippen LogP) is -4.37. The summed E-state index contributed by atoms with van der Waals surface area (Å²) in [5, 5.41) is 2.22. The van der Waals surface area contributed by atoms with Gasteiger partial charge in [0.05, 0.1) is 25.4 Å². The van der Waals surface area contributed by atoms with Crippen molar-refractivity contribution in [2.75, 3.05) is 26.2 Å². The van der Waals surface area contributed by atoms with Gasteiger partial charge in [-0.2, -0.15) is 9.35 Å². The molecule has 2 fully saturated rings. The van der Waals surface area contributed by atoms with Crippen LogP contribution in [0.2, 0.25) is 0 Å². The van der Waals surface area contributed by atoms with Crippen LogP contribution in [0, 0.1) is 0 Å². The molecule has 0 N–H and O–H groups in total. The number of hydrogen-bond acceptors (Lipinski definition) is 7. The van der Waals surface area contributed by atoms with E-state index in [1.165, 1.54) is 4.90 Å². The van der Waals surface area contributed by atoms with Crippen LogP contribution >= 0.6 is 0 Å². The summed E-state index contributed by atoms with van der Waals surface area (Å²) in [6.07, 6.45) is 1.67. The number of hydroxylamine groups is 4. The van der Waals surface area contributed by atoms with Gasteiger partial charge in [0.1, 0.15) is 6.04 Å². The Labute approximate surface area is 131 Å². The third-order valence-electron chi connectivity index (χ3n) is 2.94. The van der Waals surface area contributed by atoms with Gasteiger partial charge in [-0.15, -0.1) is 0 Å². The maximum Gasteiger partial charge on any atom is 1.00 e. The fourth-order valence-electron chi connectivity index (χ4n) is 2.14. The van der Waals surface area contributed by atoms with E-state index < -0.39 is 22.5 Å². The number of urea groups is 1. The molecule has 1 unspecified atom stereocenters. The standard InChI is InChI=1S/C8H11N3O6S.Na/c12-8-9-4-6(10-1-2-16-10)3-7(5-9)11(8)17-18(13,14)15;/h3,7H,1-2,4-5H2,(H,13,14,15);/q;+1/p-1. The summed E-state index contributed by atoms with van der Waals surface area (Å²) >= 11 is 0. The van der Waals surface area contributed by atoms with Crippen LogP contribution in [0.3, 0.4) is 0 Å². The third kappa shape index (κ3) is 2.89. The minimum absolute atomic E-state index is 0. The Balaban J connectivity index is 0.00000133. The number of carbonyl (C=O) groups excluding carboxylic acids is 1. The first-order valence-electron chi connectivity index (χ1n) is 5.29. The summed E-state index contributed by atoms with van der Waals surface area (Å²) < 4.78 is 35.8. The maximum absolute atomic E-state index is 11.8. The van der Waals surface area contributed by atoms with Crippen LogP contribution in [0.5, 0.6) is 0 Å². The second-order valence-electron chi connectivity index (χ2n) is 4.13. The zero-order valence-electron chi connectivity index (χ0n) is 10.2. The minimum Gasteiger partial charge on any atom is -0.724 e. The van der Waals surface area contributed by atoms with E-state index in [9.17, 15) is 17.8 Å². The number of hydrogen-bond donors (Lipinski definition) is 0. The molecule has 11 heteroatoms. The van der Waals surface area contributed by atoms with Crippen LogP contribution in [-0.4, -0.2) is 66.3 Å². The fourth-order valence-corrected chi connectivity index (χ4v) is 2.51. The SMILES string of the molecule is O=C1N2CC(N3CCO3)=CC(C2)N1OS(=O)(=O)[O-].[Na+]. The Morgan fingerprint density at radius 2 is 2.16 bits per heavy atom. The summed E-state index contributed by atoms with van der Waals surface area (Å²) in [6, 6.07) is -1.22. The molecule has 19 heavy (non-hydrogen) atoms. The molecule has 0 aromatic heterocycles. The predicted molar refractivity (Wildman–Crippen MR) is 54.1 cm³/mol. The Morgan fingerprint density at radius 1 is 1.47 bits per heavy atom. The largest absolute Gasteiger partial charge is 1.00 e. The second-order valence-corrected chi connectivity index (χ2v) is 5.10.